The van der Waals surface area contributed by atoms with Gasteiger partial charge in [0.25, 0.3) is 0 Å². The number of aromatic amines is 1. The SMILES string of the molecule is Cc1cc(S(C)(=O)=O)c(Cn2cc3ccc(C#N)nc3n2)c2c(Br)c[nH]c12. The van der Waals surface area contributed by atoms with Crippen LogP contribution in [0.3, 0.4) is 0 Å². The van der Waals surface area contributed by atoms with Crippen LogP contribution in [-0.2, 0) is 16.4 Å². The molecular formula is C18H14BrN5O2S. The zero-order chi connectivity index (χ0) is 19.3. The van der Waals surface area contributed by atoms with E-state index in [0.29, 0.717) is 11.2 Å². The van der Waals surface area contributed by atoms with E-state index in [9.17, 15) is 8.42 Å². The summed E-state index contributed by atoms with van der Waals surface area (Å²) in [4.78, 5) is 7.64. The van der Waals surface area contributed by atoms with Crippen LogP contribution in [0.5, 0.6) is 0 Å². The molecule has 0 saturated carbocycles. The second-order valence-electron chi connectivity index (χ2n) is 6.38. The molecule has 1 aromatic carbocycles. The fourth-order valence-corrected chi connectivity index (χ4v) is 4.79. The monoisotopic (exact) mass is 443 g/mol. The van der Waals surface area contributed by atoms with Crippen molar-refractivity contribution in [1.82, 2.24) is 19.7 Å². The van der Waals surface area contributed by atoms with Crippen LogP contribution in [0.25, 0.3) is 21.9 Å². The molecule has 136 valence electrons. The smallest absolute Gasteiger partial charge is 0.182 e. The first-order valence-corrected chi connectivity index (χ1v) is 10.7. The standard InChI is InChI=1S/C18H14BrN5O2S/c1-10-5-15(27(2,25)26)13(16-14(19)7-21-17(10)16)9-24-8-11-3-4-12(6-20)22-18(11)23-24/h3-5,7-8,21H,9H2,1-2H3. The van der Waals surface area contributed by atoms with Crippen LogP contribution < -0.4 is 0 Å². The molecule has 0 atom stereocenters. The third kappa shape index (κ3) is 3.01. The lowest BCUT2D eigenvalue weighted by Crippen LogP contribution is -2.09. The van der Waals surface area contributed by atoms with Crippen LogP contribution in [0.4, 0.5) is 0 Å². The lowest BCUT2D eigenvalue weighted by molar-refractivity contribution is 0.598. The Hall–Kier alpha value is -2.70. The van der Waals surface area contributed by atoms with Gasteiger partial charge in [-0.05, 0) is 46.6 Å². The summed E-state index contributed by atoms with van der Waals surface area (Å²) >= 11 is 3.52. The second-order valence-corrected chi connectivity index (χ2v) is 9.22. The highest BCUT2D eigenvalue weighted by Crippen LogP contribution is 2.34. The number of sulfone groups is 1. The first-order chi connectivity index (χ1) is 12.8. The molecule has 0 spiro atoms. The van der Waals surface area contributed by atoms with Crippen molar-refractivity contribution in [2.45, 2.75) is 18.4 Å². The van der Waals surface area contributed by atoms with Gasteiger partial charge in [0.15, 0.2) is 15.5 Å². The molecule has 0 aliphatic heterocycles. The van der Waals surface area contributed by atoms with Gasteiger partial charge in [0.1, 0.15) is 11.8 Å². The van der Waals surface area contributed by atoms with Crippen molar-refractivity contribution in [1.29, 1.82) is 5.26 Å². The number of hydrogen-bond donors (Lipinski definition) is 1. The van der Waals surface area contributed by atoms with Gasteiger partial charge >= 0.3 is 0 Å². The number of benzene rings is 1. The Morgan fingerprint density at radius 2 is 2.15 bits per heavy atom. The average molecular weight is 444 g/mol. The second kappa shape index (κ2) is 6.18. The summed E-state index contributed by atoms with van der Waals surface area (Å²) < 4.78 is 27.3. The minimum absolute atomic E-state index is 0.258. The van der Waals surface area contributed by atoms with Crippen molar-refractivity contribution >= 4 is 47.7 Å². The predicted molar refractivity (Wildman–Crippen MR) is 105 cm³/mol. The number of halogens is 1. The molecule has 3 aromatic heterocycles. The maximum absolute atomic E-state index is 12.4. The Kier molecular flexibility index (Phi) is 4.05. The van der Waals surface area contributed by atoms with Crippen LogP contribution in [-0.4, -0.2) is 34.4 Å². The van der Waals surface area contributed by atoms with E-state index in [0.717, 1.165) is 26.3 Å². The van der Waals surface area contributed by atoms with E-state index in [4.69, 9.17) is 5.26 Å². The number of aryl methyl sites for hydroxylation is 1. The molecule has 0 saturated heterocycles. The van der Waals surface area contributed by atoms with Gasteiger partial charge < -0.3 is 4.98 Å². The quantitative estimate of drug-likeness (QED) is 0.522. The molecule has 3 heterocycles. The van der Waals surface area contributed by atoms with Gasteiger partial charge in [-0.15, -0.1) is 0 Å². The van der Waals surface area contributed by atoms with Crippen LogP contribution in [0.2, 0.25) is 0 Å². The third-order valence-electron chi connectivity index (χ3n) is 4.42. The van der Waals surface area contributed by atoms with Crippen LogP contribution >= 0.6 is 15.9 Å². The molecule has 0 aliphatic rings. The maximum Gasteiger partial charge on any atom is 0.182 e. The number of pyridine rings is 1. The maximum atomic E-state index is 12.4. The Balaban J connectivity index is 1.94. The lowest BCUT2D eigenvalue weighted by Gasteiger charge is -2.12. The average Bonchev–Trinajstić information content (AvgIpc) is 3.19. The lowest BCUT2D eigenvalue weighted by atomic mass is 10.1. The van der Waals surface area contributed by atoms with Gasteiger partial charge in [0.05, 0.1) is 11.4 Å². The molecule has 0 radical (unpaired) electrons. The van der Waals surface area contributed by atoms with Crippen LogP contribution in [0.15, 0.2) is 40.0 Å². The molecule has 0 amide bonds. The molecule has 0 aliphatic carbocycles. The normalized spacial score (nSPS) is 11.9. The molecular weight excluding hydrogens is 430 g/mol. The van der Waals surface area contributed by atoms with E-state index < -0.39 is 9.84 Å². The number of nitrogens with zero attached hydrogens (tertiary/aromatic N) is 4. The molecule has 0 unspecified atom stereocenters. The Labute approximate surface area is 163 Å². The summed E-state index contributed by atoms with van der Waals surface area (Å²) in [5.41, 5.74) is 3.12. The van der Waals surface area contributed by atoms with E-state index >= 15 is 0 Å². The van der Waals surface area contributed by atoms with Gasteiger partial charge in [0, 0.05) is 45.0 Å². The number of nitriles is 1. The number of hydrogen-bond acceptors (Lipinski definition) is 5. The molecule has 0 bridgehead atoms. The number of rotatable bonds is 3. The highest BCUT2D eigenvalue weighted by molar-refractivity contribution is 9.10. The number of fused-ring (bicyclic) bond motifs is 2. The topological polar surface area (TPSA) is 104 Å². The Bertz CT molecular complexity index is 1360. The van der Waals surface area contributed by atoms with Crippen molar-refractivity contribution < 1.29 is 8.42 Å². The van der Waals surface area contributed by atoms with Crippen molar-refractivity contribution in [3.05, 3.63) is 51.9 Å². The van der Waals surface area contributed by atoms with Gasteiger partial charge in [-0.1, -0.05) is 0 Å². The van der Waals surface area contributed by atoms with Crippen LogP contribution in [0.1, 0.15) is 16.8 Å². The molecule has 27 heavy (non-hydrogen) atoms. The molecule has 4 rings (SSSR count). The van der Waals surface area contributed by atoms with Gasteiger partial charge in [0.2, 0.25) is 0 Å². The minimum atomic E-state index is -3.44. The number of H-pyrrole nitrogens is 1. The van der Waals surface area contributed by atoms with Crippen molar-refractivity contribution in [3.8, 4) is 6.07 Å². The highest BCUT2D eigenvalue weighted by Gasteiger charge is 2.21. The first kappa shape index (κ1) is 17.7. The van der Waals surface area contributed by atoms with E-state index in [1.165, 1.54) is 6.26 Å². The molecule has 7 nitrogen and oxygen atoms in total. The predicted octanol–water partition coefficient (Wildman–Crippen LogP) is 3.31. The summed E-state index contributed by atoms with van der Waals surface area (Å²) in [7, 11) is -3.44. The largest absolute Gasteiger partial charge is 0.360 e. The fraction of sp³-hybridized carbons (Fsp3) is 0.167. The summed E-state index contributed by atoms with van der Waals surface area (Å²) in [6.45, 7) is 2.13. The van der Waals surface area contributed by atoms with E-state index in [2.05, 4.69) is 31.0 Å². The Morgan fingerprint density at radius 3 is 2.85 bits per heavy atom. The minimum Gasteiger partial charge on any atom is -0.360 e. The van der Waals surface area contributed by atoms with Crippen molar-refractivity contribution in [3.63, 3.8) is 0 Å². The Morgan fingerprint density at radius 1 is 1.37 bits per heavy atom. The van der Waals surface area contributed by atoms with Gasteiger partial charge in [-0.3, -0.25) is 4.68 Å². The molecule has 0 fully saturated rings. The zero-order valence-electron chi connectivity index (χ0n) is 14.5. The molecule has 1 N–H and O–H groups in total. The van der Waals surface area contributed by atoms with E-state index in [1.54, 1.807) is 35.3 Å². The molecule has 4 aromatic rings. The molecule has 9 heteroatoms. The van der Waals surface area contributed by atoms with Gasteiger partial charge in [-0.2, -0.15) is 10.4 Å². The number of nitrogens with one attached hydrogen (secondary N) is 1. The van der Waals surface area contributed by atoms with E-state index in [-0.39, 0.29) is 17.1 Å². The van der Waals surface area contributed by atoms with Crippen molar-refractivity contribution in [2.24, 2.45) is 0 Å². The summed E-state index contributed by atoms with van der Waals surface area (Å²) in [6.07, 6.45) is 4.80. The van der Waals surface area contributed by atoms with E-state index in [1.807, 2.05) is 13.0 Å². The first-order valence-electron chi connectivity index (χ1n) is 8.01. The highest BCUT2D eigenvalue weighted by atomic mass is 79.9. The number of aromatic nitrogens is 4. The van der Waals surface area contributed by atoms with Gasteiger partial charge in [-0.25, -0.2) is 13.4 Å². The van der Waals surface area contributed by atoms with Crippen molar-refractivity contribution in [2.75, 3.05) is 6.26 Å². The third-order valence-corrected chi connectivity index (χ3v) is 6.21. The summed E-state index contributed by atoms with van der Waals surface area (Å²) in [5.74, 6) is 0. The van der Waals surface area contributed by atoms with Crippen LogP contribution in [0, 0.1) is 18.3 Å². The fourth-order valence-electron chi connectivity index (χ4n) is 3.23. The summed E-state index contributed by atoms with van der Waals surface area (Å²) in [5, 5.41) is 15.0. The summed E-state index contributed by atoms with van der Waals surface area (Å²) in [6, 6.07) is 7.08. The zero-order valence-corrected chi connectivity index (χ0v) is 16.9.